The van der Waals surface area contributed by atoms with E-state index in [4.69, 9.17) is 0 Å². The molecule has 0 aromatic rings. The van der Waals surface area contributed by atoms with Crippen molar-refractivity contribution in [1.82, 2.24) is 0 Å². The predicted molar refractivity (Wildman–Crippen MR) is 76.4 cm³/mol. The number of aliphatic imine (C=N–C) groups is 2. The smallest absolute Gasteiger partial charge is 0.119 e. The monoisotopic (exact) mass is 216 g/mol. The van der Waals surface area contributed by atoms with E-state index in [1.54, 1.807) is 7.05 Å². The van der Waals surface area contributed by atoms with E-state index in [-0.39, 0.29) is 0 Å². The molecular formula is C13H32N2. The van der Waals surface area contributed by atoms with Crippen LogP contribution in [-0.2, 0) is 0 Å². The molecule has 0 aromatic carbocycles. The summed E-state index contributed by atoms with van der Waals surface area (Å²) in [6.07, 6.45) is 1.89. The number of amidine groups is 1. The molecule has 0 rings (SSSR count). The third-order valence-electron chi connectivity index (χ3n) is 0.883. The summed E-state index contributed by atoms with van der Waals surface area (Å²) in [5.41, 5.74) is 0. The lowest BCUT2D eigenvalue weighted by atomic mass is 10.2. The lowest BCUT2D eigenvalue weighted by molar-refractivity contribution is 0.908. The van der Waals surface area contributed by atoms with Crippen molar-refractivity contribution in [2.45, 2.75) is 62.3 Å². The lowest BCUT2D eigenvalue weighted by Gasteiger charge is -1.91. The Morgan fingerprint density at radius 2 is 1.27 bits per heavy atom. The molecule has 94 valence electrons. The molecule has 0 fully saturated rings. The van der Waals surface area contributed by atoms with Crippen LogP contribution in [0.5, 0.6) is 0 Å². The Labute approximate surface area is 97.9 Å². The van der Waals surface area contributed by atoms with Gasteiger partial charge in [-0.3, -0.25) is 4.99 Å². The number of hydrogen-bond acceptors (Lipinski definition) is 1. The Bertz CT molecular complexity index is 124. The molecule has 0 atom stereocenters. The zero-order chi connectivity index (χ0) is 13.3. The SMILES string of the molecule is CC.CC.CC.CN=C(C)N=CC(C)C. The molecule has 15 heavy (non-hydrogen) atoms. The normalized spacial score (nSPS) is 9.40. The van der Waals surface area contributed by atoms with Crippen LogP contribution >= 0.6 is 0 Å². The minimum absolute atomic E-state index is 0.515. The van der Waals surface area contributed by atoms with Gasteiger partial charge < -0.3 is 0 Å². The summed E-state index contributed by atoms with van der Waals surface area (Å²) < 4.78 is 0. The summed E-state index contributed by atoms with van der Waals surface area (Å²) in [4.78, 5) is 7.95. The van der Waals surface area contributed by atoms with Crippen LogP contribution in [0.3, 0.4) is 0 Å². The highest BCUT2D eigenvalue weighted by Crippen LogP contribution is 1.85. The third kappa shape index (κ3) is 42.7. The predicted octanol–water partition coefficient (Wildman–Crippen LogP) is 4.84. The van der Waals surface area contributed by atoms with Gasteiger partial charge in [-0.05, 0) is 12.8 Å². The number of nitrogens with zero attached hydrogens (tertiary/aromatic N) is 2. The molecule has 2 nitrogen and oxygen atoms in total. The molecule has 0 aliphatic heterocycles. The Kier molecular flexibility index (Phi) is 46.5. The van der Waals surface area contributed by atoms with Crippen molar-refractivity contribution in [3.05, 3.63) is 0 Å². The van der Waals surface area contributed by atoms with Gasteiger partial charge in [0.05, 0.1) is 0 Å². The van der Waals surface area contributed by atoms with Gasteiger partial charge in [0.1, 0.15) is 5.84 Å². The van der Waals surface area contributed by atoms with Crippen molar-refractivity contribution in [3.8, 4) is 0 Å². The van der Waals surface area contributed by atoms with E-state index in [2.05, 4.69) is 23.8 Å². The van der Waals surface area contributed by atoms with E-state index < -0.39 is 0 Å². The van der Waals surface area contributed by atoms with E-state index in [0.29, 0.717) is 5.92 Å². The fourth-order valence-electron chi connectivity index (χ4n) is 0.315. The summed E-state index contributed by atoms with van der Waals surface area (Å²) in [5.74, 6) is 1.35. The van der Waals surface area contributed by atoms with Gasteiger partial charge >= 0.3 is 0 Å². The Balaban J connectivity index is -0.0000000860. The van der Waals surface area contributed by atoms with Crippen LogP contribution in [0.15, 0.2) is 9.98 Å². The minimum atomic E-state index is 0.515. The zero-order valence-electron chi connectivity index (χ0n) is 12.5. The van der Waals surface area contributed by atoms with Gasteiger partial charge in [-0.1, -0.05) is 55.4 Å². The number of hydrogen-bond donors (Lipinski definition) is 0. The summed E-state index contributed by atoms with van der Waals surface area (Å²) in [5, 5.41) is 0. The van der Waals surface area contributed by atoms with Crippen LogP contribution in [0.2, 0.25) is 0 Å². The van der Waals surface area contributed by atoms with Crippen LogP contribution < -0.4 is 0 Å². The molecule has 0 amide bonds. The molecule has 0 saturated heterocycles. The molecule has 0 bridgehead atoms. The molecule has 0 N–H and O–H groups in total. The summed E-state index contributed by atoms with van der Waals surface area (Å²) in [6.45, 7) is 18.1. The molecule has 0 aromatic heterocycles. The average Bonchev–Trinajstić information content (AvgIpc) is 2.33. The number of rotatable bonds is 1. The van der Waals surface area contributed by atoms with Crippen molar-refractivity contribution in [2.75, 3.05) is 7.05 Å². The van der Waals surface area contributed by atoms with E-state index in [1.165, 1.54) is 0 Å². The van der Waals surface area contributed by atoms with E-state index in [9.17, 15) is 0 Å². The largest absolute Gasteiger partial charge is 0.274 e. The maximum Gasteiger partial charge on any atom is 0.119 e. The maximum atomic E-state index is 4.07. The van der Waals surface area contributed by atoms with Crippen LogP contribution in [0.4, 0.5) is 0 Å². The third-order valence-corrected chi connectivity index (χ3v) is 0.883. The lowest BCUT2D eigenvalue weighted by Crippen LogP contribution is -1.91. The van der Waals surface area contributed by atoms with E-state index >= 15 is 0 Å². The Hall–Kier alpha value is -0.660. The molecule has 0 aliphatic rings. The van der Waals surface area contributed by atoms with Crippen molar-refractivity contribution in [1.29, 1.82) is 0 Å². The molecule has 0 heterocycles. The Morgan fingerprint density at radius 3 is 1.47 bits per heavy atom. The van der Waals surface area contributed by atoms with Gasteiger partial charge in [-0.25, -0.2) is 4.99 Å². The first kappa shape index (κ1) is 23.9. The van der Waals surface area contributed by atoms with Gasteiger partial charge in [0.15, 0.2) is 0 Å². The van der Waals surface area contributed by atoms with E-state index in [1.807, 2.05) is 54.7 Å². The highest BCUT2D eigenvalue weighted by molar-refractivity contribution is 5.87. The molecule has 0 spiro atoms. The van der Waals surface area contributed by atoms with Gasteiger partial charge in [-0.2, -0.15) is 0 Å². The molecule has 0 radical (unpaired) electrons. The first-order chi connectivity index (χ1) is 7.16. The fourth-order valence-corrected chi connectivity index (χ4v) is 0.315. The molecular weight excluding hydrogens is 184 g/mol. The zero-order valence-corrected chi connectivity index (χ0v) is 12.5. The second kappa shape index (κ2) is 29.2. The minimum Gasteiger partial charge on any atom is -0.274 e. The summed E-state index contributed by atoms with van der Waals surface area (Å²) in [7, 11) is 1.74. The summed E-state index contributed by atoms with van der Waals surface area (Å²) in [6, 6.07) is 0. The van der Waals surface area contributed by atoms with Crippen LogP contribution in [0.1, 0.15) is 62.3 Å². The second-order valence-electron chi connectivity index (χ2n) is 2.29. The maximum absolute atomic E-state index is 4.07. The van der Waals surface area contributed by atoms with E-state index in [0.717, 1.165) is 5.84 Å². The molecule has 0 aliphatic carbocycles. The van der Waals surface area contributed by atoms with Gasteiger partial charge in [0.25, 0.3) is 0 Å². The highest BCUT2D eigenvalue weighted by atomic mass is 14.9. The standard InChI is InChI=1S/C7H14N2.3C2H6/c1-6(2)5-9-7(3)8-4;3*1-2/h5-6H,1-4H3;3*1-2H3. The highest BCUT2D eigenvalue weighted by Gasteiger charge is 1.84. The second-order valence-corrected chi connectivity index (χ2v) is 2.29. The molecule has 2 heteroatoms. The average molecular weight is 216 g/mol. The van der Waals surface area contributed by atoms with Crippen LogP contribution in [0.25, 0.3) is 0 Å². The van der Waals surface area contributed by atoms with Crippen molar-refractivity contribution in [3.63, 3.8) is 0 Å². The molecule has 0 unspecified atom stereocenters. The van der Waals surface area contributed by atoms with Crippen LogP contribution in [0, 0.1) is 5.92 Å². The van der Waals surface area contributed by atoms with Crippen molar-refractivity contribution in [2.24, 2.45) is 15.9 Å². The van der Waals surface area contributed by atoms with Crippen molar-refractivity contribution >= 4 is 12.1 Å². The first-order valence-electron chi connectivity index (χ1n) is 6.14. The quantitative estimate of drug-likeness (QED) is 0.442. The summed E-state index contributed by atoms with van der Waals surface area (Å²) >= 11 is 0. The first-order valence-corrected chi connectivity index (χ1v) is 6.14. The topological polar surface area (TPSA) is 24.7 Å². The van der Waals surface area contributed by atoms with Gasteiger partial charge in [0, 0.05) is 13.3 Å². The molecule has 0 saturated carbocycles. The van der Waals surface area contributed by atoms with Crippen LogP contribution in [-0.4, -0.2) is 19.1 Å². The Morgan fingerprint density at radius 1 is 0.933 bits per heavy atom. The van der Waals surface area contributed by atoms with Gasteiger partial charge in [-0.15, -0.1) is 0 Å². The van der Waals surface area contributed by atoms with Crippen molar-refractivity contribution < 1.29 is 0 Å². The fraction of sp³-hybridized carbons (Fsp3) is 0.846. The van der Waals surface area contributed by atoms with Gasteiger partial charge in [0.2, 0.25) is 0 Å².